The molecule has 0 radical (unpaired) electrons. The van der Waals surface area contributed by atoms with Gasteiger partial charge in [-0.25, -0.2) is 0 Å². The molecule has 2 aromatic carbocycles. The summed E-state index contributed by atoms with van der Waals surface area (Å²) in [5.41, 5.74) is 3.38. The largest absolute Gasteiger partial charge is 0.497 e. The molecule has 158 valence electrons. The lowest BCUT2D eigenvalue weighted by Crippen LogP contribution is -2.45. The summed E-state index contributed by atoms with van der Waals surface area (Å²) in [6, 6.07) is 12.6. The topological polar surface area (TPSA) is 75.7 Å². The van der Waals surface area contributed by atoms with Crippen LogP contribution in [0.15, 0.2) is 42.5 Å². The van der Waals surface area contributed by atoms with Crippen molar-refractivity contribution in [1.82, 2.24) is 10.2 Å². The number of ketones is 1. The maximum Gasteiger partial charge on any atom is 0.251 e. The first-order chi connectivity index (χ1) is 14.4. The monoisotopic (exact) mass is 408 g/mol. The standard InChI is InChI=1S/C24H28N2O4/c1-16-4-5-20(14-17(16)2)24(29)25-15-22(27)26-12-10-19(11-13-26)23(28)18-6-8-21(30-3)9-7-18/h4-9,14,19H,10-13,15H2,1-3H3,(H,25,29). The molecule has 1 heterocycles. The summed E-state index contributed by atoms with van der Waals surface area (Å²) in [6.07, 6.45) is 1.25. The number of ether oxygens (including phenoxy) is 1. The Balaban J connectivity index is 1.48. The Morgan fingerprint density at radius 2 is 1.60 bits per heavy atom. The molecule has 0 aromatic heterocycles. The van der Waals surface area contributed by atoms with Gasteiger partial charge in [0, 0.05) is 30.1 Å². The molecular weight excluding hydrogens is 380 g/mol. The molecular formula is C24H28N2O4. The smallest absolute Gasteiger partial charge is 0.251 e. The van der Waals surface area contributed by atoms with Crippen molar-refractivity contribution in [3.05, 3.63) is 64.7 Å². The Morgan fingerprint density at radius 1 is 0.967 bits per heavy atom. The van der Waals surface area contributed by atoms with Crippen molar-refractivity contribution < 1.29 is 19.1 Å². The van der Waals surface area contributed by atoms with Crippen LogP contribution in [0.25, 0.3) is 0 Å². The van der Waals surface area contributed by atoms with Crippen LogP contribution in [0.1, 0.15) is 44.7 Å². The zero-order valence-electron chi connectivity index (χ0n) is 17.7. The summed E-state index contributed by atoms with van der Waals surface area (Å²) < 4.78 is 5.13. The number of nitrogens with zero attached hydrogens (tertiary/aromatic N) is 1. The van der Waals surface area contributed by atoms with Crippen molar-refractivity contribution in [1.29, 1.82) is 0 Å². The summed E-state index contributed by atoms with van der Waals surface area (Å²) >= 11 is 0. The highest BCUT2D eigenvalue weighted by Gasteiger charge is 2.28. The average molecular weight is 408 g/mol. The number of amides is 2. The highest BCUT2D eigenvalue weighted by atomic mass is 16.5. The quantitative estimate of drug-likeness (QED) is 0.745. The zero-order valence-corrected chi connectivity index (χ0v) is 17.7. The Kier molecular flexibility index (Phi) is 6.87. The Morgan fingerprint density at radius 3 is 2.20 bits per heavy atom. The maximum atomic E-state index is 12.7. The van der Waals surface area contributed by atoms with Crippen molar-refractivity contribution in [2.24, 2.45) is 5.92 Å². The number of likely N-dealkylation sites (tertiary alicyclic amines) is 1. The fourth-order valence-electron chi connectivity index (χ4n) is 3.63. The van der Waals surface area contributed by atoms with Gasteiger partial charge in [0.2, 0.25) is 5.91 Å². The van der Waals surface area contributed by atoms with Gasteiger partial charge in [-0.05, 0) is 74.2 Å². The second kappa shape index (κ2) is 9.57. The Labute approximate surface area is 177 Å². The van der Waals surface area contributed by atoms with Gasteiger partial charge in [0.25, 0.3) is 5.91 Å². The number of benzene rings is 2. The number of nitrogens with one attached hydrogen (secondary N) is 1. The number of carbonyl (C=O) groups is 3. The summed E-state index contributed by atoms with van der Waals surface area (Å²) in [7, 11) is 1.59. The minimum absolute atomic E-state index is 0.0388. The summed E-state index contributed by atoms with van der Waals surface area (Å²) in [5, 5.41) is 2.70. The molecule has 0 bridgehead atoms. The number of methoxy groups -OCH3 is 1. The van der Waals surface area contributed by atoms with Crippen molar-refractivity contribution >= 4 is 17.6 Å². The lowest BCUT2D eigenvalue weighted by Gasteiger charge is -2.31. The highest BCUT2D eigenvalue weighted by molar-refractivity contribution is 5.98. The van der Waals surface area contributed by atoms with Crippen LogP contribution in [0.3, 0.4) is 0 Å². The van der Waals surface area contributed by atoms with Gasteiger partial charge in [0.05, 0.1) is 13.7 Å². The number of Topliss-reactive ketones (excluding diaryl/α,β-unsaturated/α-hetero) is 1. The molecule has 2 amide bonds. The van der Waals surface area contributed by atoms with E-state index in [9.17, 15) is 14.4 Å². The van der Waals surface area contributed by atoms with Crippen molar-refractivity contribution in [3.8, 4) is 5.75 Å². The van der Waals surface area contributed by atoms with Gasteiger partial charge >= 0.3 is 0 Å². The molecule has 0 spiro atoms. The predicted octanol–water partition coefficient (Wildman–Crippen LogP) is 3.16. The first-order valence-corrected chi connectivity index (χ1v) is 10.2. The molecule has 1 aliphatic rings. The van der Waals surface area contributed by atoms with Crippen molar-refractivity contribution in [2.45, 2.75) is 26.7 Å². The molecule has 0 saturated carbocycles. The van der Waals surface area contributed by atoms with E-state index in [0.29, 0.717) is 37.1 Å². The summed E-state index contributed by atoms with van der Waals surface area (Å²) in [4.78, 5) is 39.2. The molecule has 1 saturated heterocycles. The van der Waals surface area contributed by atoms with Crippen LogP contribution in [0.5, 0.6) is 5.75 Å². The lowest BCUT2D eigenvalue weighted by molar-refractivity contribution is -0.131. The first-order valence-electron chi connectivity index (χ1n) is 10.2. The molecule has 1 N–H and O–H groups in total. The second-order valence-electron chi connectivity index (χ2n) is 7.73. The van der Waals surface area contributed by atoms with Crippen LogP contribution >= 0.6 is 0 Å². The minimum atomic E-state index is -0.254. The molecule has 0 unspecified atom stereocenters. The average Bonchev–Trinajstić information content (AvgIpc) is 2.78. The van der Waals surface area contributed by atoms with E-state index in [1.54, 1.807) is 42.3 Å². The van der Waals surface area contributed by atoms with Crippen LogP contribution < -0.4 is 10.1 Å². The minimum Gasteiger partial charge on any atom is -0.497 e. The van der Waals surface area contributed by atoms with Crippen LogP contribution in [0, 0.1) is 19.8 Å². The third-order valence-electron chi connectivity index (χ3n) is 5.76. The normalized spacial score (nSPS) is 14.3. The predicted molar refractivity (Wildman–Crippen MR) is 115 cm³/mol. The number of hydrogen-bond donors (Lipinski definition) is 1. The Bertz CT molecular complexity index is 929. The summed E-state index contributed by atoms with van der Waals surface area (Å²) in [6.45, 7) is 4.94. The molecule has 1 aliphatic heterocycles. The van der Waals surface area contributed by atoms with Gasteiger partial charge in [-0.3, -0.25) is 14.4 Å². The fraction of sp³-hybridized carbons (Fsp3) is 0.375. The molecule has 0 aliphatic carbocycles. The molecule has 6 heteroatoms. The van der Waals surface area contributed by atoms with Gasteiger partial charge in [-0.15, -0.1) is 0 Å². The number of carbonyl (C=O) groups excluding carboxylic acids is 3. The number of piperidine rings is 1. The molecule has 1 fully saturated rings. The van der Waals surface area contributed by atoms with E-state index in [-0.39, 0.29) is 30.1 Å². The van der Waals surface area contributed by atoms with E-state index in [1.165, 1.54) is 0 Å². The van der Waals surface area contributed by atoms with E-state index in [0.717, 1.165) is 16.9 Å². The van der Waals surface area contributed by atoms with Crippen molar-refractivity contribution in [3.63, 3.8) is 0 Å². The van der Waals surface area contributed by atoms with E-state index in [4.69, 9.17) is 4.74 Å². The molecule has 3 rings (SSSR count). The second-order valence-corrected chi connectivity index (χ2v) is 7.73. The van der Waals surface area contributed by atoms with Gasteiger partial charge < -0.3 is 15.0 Å². The van der Waals surface area contributed by atoms with Gasteiger partial charge in [0.15, 0.2) is 5.78 Å². The van der Waals surface area contributed by atoms with Crippen LogP contribution in [-0.4, -0.2) is 49.2 Å². The molecule has 6 nitrogen and oxygen atoms in total. The van der Waals surface area contributed by atoms with E-state index in [1.807, 2.05) is 26.0 Å². The van der Waals surface area contributed by atoms with Gasteiger partial charge in [0.1, 0.15) is 5.75 Å². The van der Waals surface area contributed by atoms with Crippen LogP contribution in [0.4, 0.5) is 0 Å². The third-order valence-corrected chi connectivity index (χ3v) is 5.76. The maximum absolute atomic E-state index is 12.7. The van der Waals surface area contributed by atoms with E-state index >= 15 is 0 Å². The van der Waals surface area contributed by atoms with Crippen LogP contribution in [0.2, 0.25) is 0 Å². The van der Waals surface area contributed by atoms with Crippen molar-refractivity contribution in [2.75, 3.05) is 26.7 Å². The van der Waals surface area contributed by atoms with Gasteiger partial charge in [-0.2, -0.15) is 0 Å². The number of hydrogen-bond acceptors (Lipinski definition) is 4. The van der Waals surface area contributed by atoms with Gasteiger partial charge in [-0.1, -0.05) is 6.07 Å². The van der Waals surface area contributed by atoms with E-state index < -0.39 is 0 Å². The fourth-order valence-corrected chi connectivity index (χ4v) is 3.63. The van der Waals surface area contributed by atoms with Crippen LogP contribution in [-0.2, 0) is 4.79 Å². The summed E-state index contributed by atoms with van der Waals surface area (Å²) in [5.74, 6) is 0.355. The molecule has 2 aromatic rings. The highest BCUT2D eigenvalue weighted by Crippen LogP contribution is 2.23. The van der Waals surface area contributed by atoms with E-state index in [2.05, 4.69) is 5.32 Å². The first kappa shape index (κ1) is 21.6. The number of rotatable bonds is 6. The zero-order chi connectivity index (χ0) is 21.7. The SMILES string of the molecule is COc1ccc(C(=O)C2CCN(C(=O)CNC(=O)c3ccc(C)c(C)c3)CC2)cc1. The third kappa shape index (κ3) is 5.06. The molecule has 30 heavy (non-hydrogen) atoms. The lowest BCUT2D eigenvalue weighted by atomic mass is 9.89. The Hall–Kier alpha value is -3.15. The molecule has 0 atom stereocenters. The number of aryl methyl sites for hydroxylation is 2.